The molecule has 0 aromatic rings. The number of rotatable bonds is 0. The minimum atomic E-state index is 0. The van der Waals surface area contributed by atoms with Crippen LogP contribution in [0.25, 0.3) is 0 Å². The molecule has 0 aromatic carbocycles. The topological polar surface area (TPSA) is 17.1 Å². The molecule has 0 bridgehead atoms. The van der Waals surface area contributed by atoms with E-state index in [1.165, 1.54) is 0 Å². The second kappa shape index (κ2) is 48.3. The second-order valence-corrected chi connectivity index (χ2v) is 0. The van der Waals surface area contributed by atoms with Crippen LogP contribution >= 0.6 is 0 Å². The van der Waals surface area contributed by atoms with Crippen molar-refractivity contribution in [1.82, 2.24) is 0 Å². The zero-order valence-electron chi connectivity index (χ0n) is 1.90. The van der Waals surface area contributed by atoms with Crippen molar-refractivity contribution in [1.29, 1.82) is 0 Å². The van der Waals surface area contributed by atoms with Crippen LogP contribution in [0.2, 0.25) is 0 Å². The molecule has 0 rings (SSSR count). The third-order valence-corrected chi connectivity index (χ3v) is 0. The normalized spacial score (nSPS) is 0.500. The van der Waals surface area contributed by atoms with Crippen molar-refractivity contribution in [2.24, 2.45) is 0 Å². The summed E-state index contributed by atoms with van der Waals surface area (Å²) in [7, 11) is 0. The van der Waals surface area contributed by atoms with E-state index in [1.807, 2.05) is 0 Å². The van der Waals surface area contributed by atoms with Crippen LogP contribution < -0.4 is 0 Å². The predicted octanol–water partition coefficient (Wildman–Crippen LogP) is -0.777. The molecule has 0 unspecified atom stereocenters. The van der Waals surface area contributed by atoms with E-state index in [4.69, 9.17) is 3.32 Å². The predicted molar refractivity (Wildman–Crippen MR) is 7.84 cm³/mol. The molecule has 0 aliphatic carbocycles. The van der Waals surface area contributed by atoms with E-state index in [-0.39, 0.29) is 69.5 Å². The first kappa shape index (κ1) is 38.0. The van der Waals surface area contributed by atoms with Gasteiger partial charge in [-0.2, -0.15) is 0 Å². The van der Waals surface area contributed by atoms with Gasteiger partial charge in [0.1, 0.15) is 0 Å². The van der Waals surface area contributed by atoms with Crippen molar-refractivity contribution in [3.8, 4) is 0 Å². The van der Waals surface area contributed by atoms with Crippen molar-refractivity contribution in [3.05, 3.63) is 0 Å². The van der Waals surface area contributed by atoms with Gasteiger partial charge >= 0.3 is 42.6 Å². The van der Waals surface area contributed by atoms with E-state index >= 15 is 0 Å². The molecule has 40 valence electrons. The summed E-state index contributed by atoms with van der Waals surface area (Å²) < 4.78 is 8.25. The number of hydrogen-bond donors (Lipinski definition) is 0. The average Bonchev–Trinajstić information content (AvgIpc) is 1.00. The SMILES string of the molecule is [Cu].[LiH].[Mn].[Ni].[O]=[Ti]. The van der Waals surface area contributed by atoms with Gasteiger partial charge in [0.2, 0.25) is 0 Å². The Morgan fingerprint density at radius 3 is 1.17 bits per heavy atom. The average molecular weight is 249 g/mol. The van der Waals surface area contributed by atoms with E-state index in [1.54, 1.807) is 0 Å². The van der Waals surface area contributed by atoms with Gasteiger partial charge in [-0.15, -0.1) is 0 Å². The van der Waals surface area contributed by atoms with Crippen LogP contribution in [0, 0.1) is 0 Å². The van der Waals surface area contributed by atoms with Crippen molar-refractivity contribution in [3.63, 3.8) is 0 Å². The van der Waals surface area contributed by atoms with Crippen molar-refractivity contribution in [2.75, 3.05) is 0 Å². The first-order valence-electron chi connectivity index (χ1n) is 0.204. The first-order valence-corrected chi connectivity index (χ1v) is 0.842. The fourth-order valence-corrected chi connectivity index (χ4v) is 0. The zero-order chi connectivity index (χ0) is 2.00. The fraction of sp³-hybridized carbons (Fsp3) is 0. The molecule has 0 fully saturated rings. The van der Waals surface area contributed by atoms with E-state index in [9.17, 15) is 0 Å². The molecule has 0 heterocycles. The van der Waals surface area contributed by atoms with Gasteiger partial charge in [-0.3, -0.25) is 0 Å². The van der Waals surface area contributed by atoms with Crippen LogP contribution in [0.4, 0.5) is 0 Å². The molecule has 0 spiro atoms. The van der Waals surface area contributed by atoms with Crippen LogP contribution in [-0.4, -0.2) is 18.9 Å². The van der Waals surface area contributed by atoms with Gasteiger partial charge in [0, 0.05) is 50.6 Å². The Balaban J connectivity index is -0.000000000833. The van der Waals surface area contributed by atoms with E-state index < -0.39 is 0 Å². The van der Waals surface area contributed by atoms with Crippen LogP contribution in [0.3, 0.4) is 0 Å². The molecule has 0 N–H and O–H groups in total. The van der Waals surface area contributed by atoms with E-state index in [0.717, 1.165) is 20.4 Å². The second-order valence-electron chi connectivity index (χ2n) is 0. The third kappa shape index (κ3) is 30.3. The summed E-state index contributed by atoms with van der Waals surface area (Å²) in [5.41, 5.74) is 0. The van der Waals surface area contributed by atoms with Crippen molar-refractivity contribution < 1.29 is 74.4 Å². The molecule has 0 saturated carbocycles. The maximum atomic E-state index is 8.25. The maximum absolute atomic E-state index is 8.25. The first-order chi connectivity index (χ1) is 1.00. The summed E-state index contributed by atoms with van der Waals surface area (Å²) in [6.45, 7) is 0. The molecular weight excluding hydrogens is 248 g/mol. The molecule has 1 nitrogen and oxygen atoms in total. The van der Waals surface area contributed by atoms with Crippen molar-refractivity contribution >= 4 is 18.9 Å². The Kier molecular flexibility index (Phi) is 306. The zero-order valence-corrected chi connectivity index (χ0v) is 6.58. The van der Waals surface area contributed by atoms with Gasteiger partial charge in [0.05, 0.1) is 0 Å². The molecular formula is HCuLiMnNiOTi. The molecule has 0 aliphatic rings. The summed E-state index contributed by atoms with van der Waals surface area (Å²) in [4.78, 5) is 0. The van der Waals surface area contributed by atoms with Crippen molar-refractivity contribution in [2.45, 2.75) is 0 Å². The summed E-state index contributed by atoms with van der Waals surface area (Å²) in [5.74, 6) is 0. The summed E-state index contributed by atoms with van der Waals surface area (Å²) in [6.07, 6.45) is 0. The molecule has 6 heteroatoms. The summed E-state index contributed by atoms with van der Waals surface area (Å²) in [6, 6.07) is 0. The van der Waals surface area contributed by atoms with Crippen LogP contribution in [0.15, 0.2) is 0 Å². The quantitative estimate of drug-likeness (QED) is 0.515. The van der Waals surface area contributed by atoms with Gasteiger partial charge in [-0.25, -0.2) is 0 Å². The molecule has 0 atom stereocenters. The Morgan fingerprint density at radius 2 is 1.17 bits per heavy atom. The Hall–Kier alpha value is 2.64. The van der Waals surface area contributed by atoms with E-state index in [0.29, 0.717) is 0 Å². The molecule has 0 aromatic heterocycles. The van der Waals surface area contributed by atoms with Crippen LogP contribution in [-0.2, 0) is 74.4 Å². The van der Waals surface area contributed by atoms with Crippen LogP contribution in [0.1, 0.15) is 0 Å². The Bertz CT molecular complexity index is 15.5. The third-order valence-electron chi connectivity index (χ3n) is 0. The summed E-state index contributed by atoms with van der Waals surface area (Å²) >= 11 is 0.750. The molecule has 2 radical (unpaired) electrons. The molecule has 0 aliphatic heterocycles. The van der Waals surface area contributed by atoms with Gasteiger partial charge in [0.15, 0.2) is 0 Å². The van der Waals surface area contributed by atoms with Gasteiger partial charge < -0.3 is 0 Å². The van der Waals surface area contributed by atoms with Crippen LogP contribution in [0.5, 0.6) is 0 Å². The monoisotopic (exact) mass is 248 g/mol. The fourth-order valence-electron chi connectivity index (χ4n) is 0. The molecule has 0 amide bonds. The van der Waals surface area contributed by atoms with E-state index in [2.05, 4.69) is 0 Å². The summed E-state index contributed by atoms with van der Waals surface area (Å²) in [5, 5.41) is 0. The number of hydrogen-bond acceptors (Lipinski definition) is 1. The standard InChI is InChI=1S/Cu.Li.Mn.Ni.O.Ti.H. The molecule has 6 heavy (non-hydrogen) atoms. The van der Waals surface area contributed by atoms with Gasteiger partial charge in [-0.1, -0.05) is 0 Å². The Labute approximate surface area is 91.9 Å². The Morgan fingerprint density at radius 1 is 1.17 bits per heavy atom. The van der Waals surface area contributed by atoms with Gasteiger partial charge in [-0.05, 0) is 0 Å². The van der Waals surface area contributed by atoms with Gasteiger partial charge in [0.25, 0.3) is 0 Å². The molecule has 0 saturated heterocycles. The minimum absolute atomic E-state index is 0.